The minimum atomic E-state index is -3.50. The van der Waals surface area contributed by atoms with Crippen molar-refractivity contribution in [2.75, 3.05) is 26.2 Å². The molecular formula is C20H33N3O4S. The van der Waals surface area contributed by atoms with Crippen molar-refractivity contribution in [2.24, 2.45) is 5.92 Å². The molecule has 1 aliphatic heterocycles. The summed E-state index contributed by atoms with van der Waals surface area (Å²) in [6.07, 6.45) is 2.57. The summed E-state index contributed by atoms with van der Waals surface area (Å²) in [5.74, 6) is -0.422. The Hall–Kier alpha value is -1.48. The van der Waals surface area contributed by atoms with E-state index < -0.39 is 16.0 Å². The van der Waals surface area contributed by atoms with E-state index in [2.05, 4.69) is 24.5 Å². The summed E-state index contributed by atoms with van der Waals surface area (Å²) in [7, 11) is -3.50. The fraction of sp³-hybridized carbons (Fsp3) is 0.650. The lowest BCUT2D eigenvalue weighted by molar-refractivity contribution is -0.135. The van der Waals surface area contributed by atoms with E-state index in [1.165, 1.54) is 0 Å². The van der Waals surface area contributed by atoms with E-state index in [1.54, 1.807) is 16.4 Å². The van der Waals surface area contributed by atoms with Gasteiger partial charge in [-0.2, -0.15) is 4.31 Å². The van der Waals surface area contributed by atoms with Gasteiger partial charge in [0.25, 0.3) is 0 Å². The third kappa shape index (κ3) is 6.55. The van der Waals surface area contributed by atoms with Gasteiger partial charge in [0.05, 0.1) is 11.4 Å². The van der Waals surface area contributed by atoms with Crippen LogP contribution in [-0.4, -0.2) is 62.1 Å². The van der Waals surface area contributed by atoms with Crippen LogP contribution in [0.3, 0.4) is 0 Å². The lowest BCUT2D eigenvalue weighted by atomic mass is 10.0. The van der Waals surface area contributed by atoms with Gasteiger partial charge in [-0.3, -0.25) is 4.79 Å². The second-order valence-corrected chi connectivity index (χ2v) is 9.87. The van der Waals surface area contributed by atoms with Gasteiger partial charge in [0.1, 0.15) is 0 Å². The molecule has 2 rings (SSSR count). The molecule has 1 aromatic rings. The molecule has 0 radical (unpaired) electrons. The first kappa shape index (κ1) is 22.8. The number of carbonyl (C=O) groups is 1. The maximum atomic E-state index is 13.0. The van der Waals surface area contributed by atoms with Crippen LogP contribution in [0.4, 0.5) is 0 Å². The molecule has 1 unspecified atom stereocenters. The number of hydrogen-bond donors (Lipinski definition) is 3. The third-order valence-corrected chi connectivity index (χ3v) is 6.98. The predicted octanol–water partition coefficient (Wildman–Crippen LogP) is 1.83. The number of sulfonamides is 1. The molecule has 158 valence electrons. The Kier molecular flexibility index (Phi) is 8.42. The van der Waals surface area contributed by atoms with Gasteiger partial charge >= 0.3 is 5.97 Å². The van der Waals surface area contributed by atoms with Gasteiger partial charge in [-0.1, -0.05) is 31.5 Å². The summed E-state index contributed by atoms with van der Waals surface area (Å²) in [6.45, 7) is 7.75. The molecule has 0 amide bonds. The molecule has 1 aliphatic rings. The average Bonchev–Trinajstić information content (AvgIpc) is 3.08. The molecule has 8 heteroatoms. The maximum absolute atomic E-state index is 13.0. The molecule has 1 aromatic carbocycles. The van der Waals surface area contributed by atoms with Crippen molar-refractivity contribution < 1.29 is 18.3 Å². The van der Waals surface area contributed by atoms with E-state index in [-0.39, 0.29) is 18.6 Å². The van der Waals surface area contributed by atoms with Crippen LogP contribution >= 0.6 is 0 Å². The zero-order chi connectivity index (χ0) is 20.7. The normalized spacial score (nSPS) is 19.2. The molecule has 0 saturated carbocycles. The standard InChI is InChI=1S/C20H33N3O4S/c1-15(2)11-17(12-21-14-20(24)25)22-13-18-5-4-10-23(18)28(26,27)19-8-6-16(3)7-9-19/h6-9,15,17-18,21-22H,4-5,10-14H2,1-3H3,(H,24,25)/t17-,18?/m0/s1. The Labute approximate surface area is 168 Å². The first-order valence-corrected chi connectivity index (χ1v) is 11.4. The van der Waals surface area contributed by atoms with Gasteiger partial charge in [0.2, 0.25) is 10.0 Å². The first-order valence-electron chi connectivity index (χ1n) is 9.94. The van der Waals surface area contributed by atoms with Crippen molar-refractivity contribution in [1.29, 1.82) is 0 Å². The summed E-state index contributed by atoms with van der Waals surface area (Å²) in [6, 6.07) is 7.01. The highest BCUT2D eigenvalue weighted by Gasteiger charge is 2.35. The Bertz CT molecular complexity index is 734. The number of nitrogens with zero attached hydrogens (tertiary/aromatic N) is 1. The summed E-state index contributed by atoms with van der Waals surface area (Å²) in [4.78, 5) is 11.1. The number of benzene rings is 1. The molecule has 28 heavy (non-hydrogen) atoms. The summed E-state index contributed by atoms with van der Waals surface area (Å²) >= 11 is 0. The van der Waals surface area contributed by atoms with Crippen LogP contribution in [0.5, 0.6) is 0 Å². The fourth-order valence-electron chi connectivity index (χ4n) is 3.64. The zero-order valence-corrected chi connectivity index (χ0v) is 17.8. The van der Waals surface area contributed by atoms with Crippen molar-refractivity contribution in [1.82, 2.24) is 14.9 Å². The molecule has 7 nitrogen and oxygen atoms in total. The number of carboxylic acids is 1. The van der Waals surface area contributed by atoms with Crippen LogP contribution < -0.4 is 10.6 Å². The lowest BCUT2D eigenvalue weighted by Gasteiger charge is -2.28. The average molecular weight is 412 g/mol. The predicted molar refractivity (Wildman–Crippen MR) is 110 cm³/mol. The van der Waals surface area contributed by atoms with Gasteiger partial charge in [-0.15, -0.1) is 0 Å². The molecule has 0 spiro atoms. The van der Waals surface area contributed by atoms with Gasteiger partial charge < -0.3 is 15.7 Å². The quantitative estimate of drug-likeness (QED) is 0.514. The summed E-state index contributed by atoms with van der Waals surface area (Å²) in [5.41, 5.74) is 1.03. The van der Waals surface area contributed by atoms with Crippen molar-refractivity contribution in [3.8, 4) is 0 Å². The Morgan fingerprint density at radius 1 is 1.29 bits per heavy atom. The molecule has 1 fully saturated rings. The monoisotopic (exact) mass is 411 g/mol. The number of rotatable bonds is 11. The van der Waals surface area contributed by atoms with E-state index in [9.17, 15) is 13.2 Å². The van der Waals surface area contributed by atoms with Crippen LogP contribution in [-0.2, 0) is 14.8 Å². The van der Waals surface area contributed by atoms with Gasteiger partial charge in [0, 0.05) is 31.7 Å². The second-order valence-electron chi connectivity index (χ2n) is 7.98. The Balaban J connectivity index is 2.00. The topological polar surface area (TPSA) is 98.7 Å². The number of aliphatic carboxylic acids is 1. The largest absolute Gasteiger partial charge is 0.480 e. The van der Waals surface area contributed by atoms with Crippen LogP contribution in [0, 0.1) is 12.8 Å². The molecule has 1 saturated heterocycles. The molecular weight excluding hydrogens is 378 g/mol. The minimum Gasteiger partial charge on any atom is -0.480 e. The van der Waals surface area contributed by atoms with Crippen molar-refractivity contribution in [2.45, 2.75) is 57.0 Å². The molecule has 3 N–H and O–H groups in total. The fourth-order valence-corrected chi connectivity index (χ4v) is 5.33. The van der Waals surface area contributed by atoms with Crippen LogP contribution in [0.15, 0.2) is 29.2 Å². The maximum Gasteiger partial charge on any atom is 0.317 e. The van der Waals surface area contributed by atoms with Crippen molar-refractivity contribution in [3.05, 3.63) is 29.8 Å². The highest BCUT2D eigenvalue weighted by Crippen LogP contribution is 2.26. The number of carboxylic acid groups (broad SMARTS) is 1. The number of hydrogen-bond acceptors (Lipinski definition) is 5. The van der Waals surface area contributed by atoms with E-state index in [0.717, 1.165) is 24.8 Å². The molecule has 0 bridgehead atoms. The van der Waals surface area contributed by atoms with Crippen LogP contribution in [0.1, 0.15) is 38.7 Å². The third-order valence-electron chi connectivity index (χ3n) is 5.02. The van der Waals surface area contributed by atoms with E-state index in [0.29, 0.717) is 30.4 Å². The highest BCUT2D eigenvalue weighted by molar-refractivity contribution is 7.89. The Morgan fingerprint density at radius 3 is 2.57 bits per heavy atom. The van der Waals surface area contributed by atoms with E-state index >= 15 is 0 Å². The molecule has 1 heterocycles. The highest BCUT2D eigenvalue weighted by atomic mass is 32.2. The minimum absolute atomic E-state index is 0.0758. The van der Waals surface area contributed by atoms with Crippen molar-refractivity contribution in [3.63, 3.8) is 0 Å². The zero-order valence-electron chi connectivity index (χ0n) is 17.0. The summed E-state index contributed by atoms with van der Waals surface area (Å²) in [5, 5.41) is 15.2. The summed E-state index contributed by atoms with van der Waals surface area (Å²) < 4.78 is 27.7. The van der Waals surface area contributed by atoms with Crippen LogP contribution in [0.2, 0.25) is 0 Å². The first-order chi connectivity index (χ1) is 13.2. The second kappa shape index (κ2) is 10.3. The SMILES string of the molecule is Cc1ccc(S(=O)(=O)N2CCCC2CN[C@H](CNCC(=O)O)CC(C)C)cc1. The number of aryl methyl sites for hydroxylation is 1. The smallest absolute Gasteiger partial charge is 0.317 e. The van der Waals surface area contributed by atoms with Crippen molar-refractivity contribution >= 4 is 16.0 Å². The molecule has 2 atom stereocenters. The van der Waals surface area contributed by atoms with Gasteiger partial charge in [0.15, 0.2) is 0 Å². The lowest BCUT2D eigenvalue weighted by Crippen LogP contribution is -2.47. The van der Waals surface area contributed by atoms with Gasteiger partial charge in [-0.25, -0.2) is 8.42 Å². The van der Waals surface area contributed by atoms with E-state index in [4.69, 9.17) is 5.11 Å². The molecule has 0 aliphatic carbocycles. The van der Waals surface area contributed by atoms with E-state index in [1.807, 2.05) is 19.1 Å². The molecule has 0 aromatic heterocycles. The number of nitrogens with one attached hydrogen (secondary N) is 2. The Morgan fingerprint density at radius 2 is 1.96 bits per heavy atom. The van der Waals surface area contributed by atoms with Crippen LogP contribution in [0.25, 0.3) is 0 Å². The van der Waals surface area contributed by atoms with Gasteiger partial charge in [-0.05, 0) is 44.2 Å².